The first-order valence-electron chi connectivity index (χ1n) is 8.80. The first-order chi connectivity index (χ1) is 13.1. The minimum Gasteiger partial charge on any atom is -0.497 e. The lowest BCUT2D eigenvalue weighted by molar-refractivity contribution is -0.884. The van der Waals surface area contributed by atoms with Crippen LogP contribution < -0.4 is 19.5 Å². The first kappa shape index (κ1) is 17.7. The van der Waals surface area contributed by atoms with E-state index in [9.17, 15) is 5.21 Å². The summed E-state index contributed by atoms with van der Waals surface area (Å²) in [7, 11) is 3.20. The van der Waals surface area contributed by atoms with E-state index >= 15 is 0 Å². The molecule has 0 radical (unpaired) electrons. The molecule has 2 heterocycles. The first-order valence-corrected chi connectivity index (χ1v) is 9.17. The number of benzene rings is 1. The summed E-state index contributed by atoms with van der Waals surface area (Å²) in [5.74, 6) is 2.54. The Kier molecular flexibility index (Phi) is 4.66. The summed E-state index contributed by atoms with van der Waals surface area (Å²) in [6, 6.07) is 9.12. The van der Waals surface area contributed by atoms with E-state index in [-0.39, 0.29) is 0 Å². The number of rotatable bonds is 6. The lowest BCUT2D eigenvalue weighted by Crippen LogP contribution is -2.37. The van der Waals surface area contributed by atoms with Crippen molar-refractivity contribution in [1.82, 2.24) is 4.98 Å². The molecule has 1 aromatic carbocycles. The number of nitrogens with zero attached hydrogens (tertiary/aromatic N) is 2. The molecule has 0 atom stereocenters. The van der Waals surface area contributed by atoms with Crippen molar-refractivity contribution < 1.29 is 19.4 Å². The van der Waals surface area contributed by atoms with Crippen LogP contribution in [0.15, 0.2) is 36.5 Å². The van der Waals surface area contributed by atoms with E-state index in [1.54, 1.807) is 32.5 Å². The van der Waals surface area contributed by atoms with Gasteiger partial charge in [-0.05, 0) is 47.8 Å². The number of hydrogen-bond acceptors (Lipinski definition) is 5. The number of fused-ring (bicyclic) bond motifs is 1. The largest absolute Gasteiger partial charge is 0.497 e. The van der Waals surface area contributed by atoms with Gasteiger partial charge in [0.05, 0.1) is 26.2 Å². The van der Waals surface area contributed by atoms with Gasteiger partial charge in [0, 0.05) is 23.2 Å². The van der Waals surface area contributed by atoms with Crippen LogP contribution in [0, 0.1) is 5.92 Å². The lowest BCUT2D eigenvalue weighted by Gasteiger charge is -2.12. The summed E-state index contributed by atoms with van der Waals surface area (Å²) in [4.78, 5) is 4.19. The Balaban J connectivity index is 1.90. The van der Waals surface area contributed by atoms with Crippen LogP contribution in [0.2, 0.25) is 5.15 Å². The van der Waals surface area contributed by atoms with Gasteiger partial charge >= 0.3 is 5.82 Å². The van der Waals surface area contributed by atoms with Gasteiger partial charge in [0.15, 0.2) is 5.69 Å². The maximum atomic E-state index is 11.0. The Hall–Kier alpha value is -2.73. The Morgan fingerprint density at radius 2 is 1.85 bits per heavy atom. The van der Waals surface area contributed by atoms with Gasteiger partial charge < -0.3 is 14.7 Å². The smallest absolute Gasteiger partial charge is 0.322 e. The highest BCUT2D eigenvalue weighted by atomic mass is 35.5. The summed E-state index contributed by atoms with van der Waals surface area (Å²) < 4.78 is 11.9. The highest BCUT2D eigenvalue weighted by Crippen LogP contribution is 2.33. The fourth-order valence-corrected chi connectivity index (χ4v) is 3.26. The monoisotopic (exact) mass is 386 g/mol. The molecule has 0 unspecified atom stereocenters. The van der Waals surface area contributed by atoms with Gasteiger partial charge in [0.25, 0.3) is 0 Å². The topological polar surface area (TPSA) is 67.5 Å². The van der Waals surface area contributed by atoms with Gasteiger partial charge in [-0.25, -0.2) is 4.98 Å². The molecule has 1 aliphatic carbocycles. The van der Waals surface area contributed by atoms with E-state index in [1.165, 1.54) is 12.8 Å². The number of nitrogens with one attached hydrogen (secondary N) is 1. The Bertz CT molecular complexity index is 983. The van der Waals surface area contributed by atoms with Crippen LogP contribution in [0.5, 0.6) is 11.5 Å². The van der Waals surface area contributed by atoms with Crippen LogP contribution in [0.25, 0.3) is 22.0 Å². The van der Waals surface area contributed by atoms with Gasteiger partial charge in [-0.1, -0.05) is 11.6 Å². The molecule has 140 valence electrons. The van der Waals surface area contributed by atoms with E-state index in [0.29, 0.717) is 34.1 Å². The maximum Gasteiger partial charge on any atom is 0.322 e. The summed E-state index contributed by atoms with van der Waals surface area (Å²) in [6.45, 7) is 0.806. The molecule has 0 spiro atoms. The molecule has 0 amide bonds. The average Bonchev–Trinajstić information content (AvgIpc) is 3.51. The Labute approximate surface area is 162 Å². The molecule has 2 aromatic heterocycles. The summed E-state index contributed by atoms with van der Waals surface area (Å²) in [5, 5.41) is 16.5. The van der Waals surface area contributed by atoms with E-state index in [2.05, 4.69) is 10.3 Å². The molecule has 6 nitrogen and oxygen atoms in total. The van der Waals surface area contributed by atoms with E-state index in [1.807, 2.05) is 18.2 Å². The molecule has 27 heavy (non-hydrogen) atoms. The molecule has 2 N–H and O–H groups in total. The zero-order valence-electron chi connectivity index (χ0n) is 15.2. The molecule has 1 aliphatic rings. The van der Waals surface area contributed by atoms with Crippen LogP contribution in [0.4, 0.5) is 5.82 Å². The third-order valence-electron chi connectivity index (χ3n) is 4.79. The Morgan fingerprint density at radius 3 is 2.48 bits per heavy atom. The van der Waals surface area contributed by atoms with Crippen molar-refractivity contribution in [2.45, 2.75) is 12.8 Å². The van der Waals surface area contributed by atoms with Crippen LogP contribution >= 0.6 is 11.6 Å². The Morgan fingerprint density at radius 1 is 1.15 bits per heavy atom. The molecule has 0 bridgehead atoms. The molecule has 7 heteroatoms. The van der Waals surface area contributed by atoms with Gasteiger partial charge in [0.2, 0.25) is 0 Å². The number of methoxy groups -OCH3 is 2. The third-order valence-corrected chi connectivity index (χ3v) is 5.00. The van der Waals surface area contributed by atoms with Crippen molar-refractivity contribution in [3.8, 4) is 22.8 Å². The van der Waals surface area contributed by atoms with Crippen LogP contribution in [0.1, 0.15) is 12.8 Å². The average molecular weight is 387 g/mol. The van der Waals surface area contributed by atoms with Crippen molar-refractivity contribution in [3.63, 3.8) is 0 Å². The second kappa shape index (κ2) is 7.12. The van der Waals surface area contributed by atoms with Gasteiger partial charge in [-0.2, -0.15) is 0 Å². The van der Waals surface area contributed by atoms with Crippen LogP contribution in [-0.2, 0) is 0 Å². The normalized spacial score (nSPS) is 13.6. The molecule has 4 rings (SSSR count). The second-order valence-electron chi connectivity index (χ2n) is 6.71. The number of anilines is 1. The highest BCUT2D eigenvalue weighted by molar-refractivity contribution is 6.30. The zero-order chi connectivity index (χ0) is 19.0. The zero-order valence-corrected chi connectivity index (χ0v) is 16.0. The SMILES string of the molecule is COc1cc(OC)cc(-c2cc3cnc(Cl)cc3c(NCC3CC3)[n+]2O)c1. The van der Waals surface area contributed by atoms with Crippen molar-refractivity contribution in [2.24, 2.45) is 5.92 Å². The van der Waals surface area contributed by atoms with Gasteiger partial charge in [-0.3, -0.25) is 5.32 Å². The highest BCUT2D eigenvalue weighted by Gasteiger charge is 2.27. The molecular weight excluding hydrogens is 366 g/mol. The summed E-state index contributed by atoms with van der Waals surface area (Å²) in [5.41, 5.74) is 1.36. The second-order valence-corrected chi connectivity index (χ2v) is 7.10. The standard InChI is InChI=1S/C20H20ClN3O3/c1-26-15-5-13(6-16(8-15)27-2)18-7-14-11-22-19(21)9-17(14)20(24(18)25)23-10-12-3-4-12/h5-9,11-12,25H,3-4,10H2,1-2H3/p+1. The molecule has 0 aliphatic heterocycles. The maximum absolute atomic E-state index is 11.0. The quantitative estimate of drug-likeness (QED) is 0.382. The van der Waals surface area contributed by atoms with Crippen molar-refractivity contribution in [1.29, 1.82) is 0 Å². The van der Waals surface area contributed by atoms with E-state index in [4.69, 9.17) is 21.1 Å². The van der Waals surface area contributed by atoms with Gasteiger partial charge in [-0.15, -0.1) is 0 Å². The fraction of sp³-hybridized carbons (Fsp3) is 0.300. The predicted octanol–water partition coefficient (Wildman–Crippen LogP) is 3.92. The predicted molar refractivity (Wildman–Crippen MR) is 104 cm³/mol. The number of halogens is 1. The van der Waals surface area contributed by atoms with E-state index in [0.717, 1.165) is 27.6 Å². The number of pyridine rings is 2. The van der Waals surface area contributed by atoms with Gasteiger partial charge in [0.1, 0.15) is 16.7 Å². The van der Waals surface area contributed by atoms with Crippen molar-refractivity contribution in [3.05, 3.63) is 41.7 Å². The minimum absolute atomic E-state index is 0.382. The molecule has 3 aromatic rings. The minimum atomic E-state index is 0.382. The van der Waals surface area contributed by atoms with Crippen LogP contribution in [-0.4, -0.2) is 31.0 Å². The third kappa shape index (κ3) is 3.57. The lowest BCUT2D eigenvalue weighted by atomic mass is 10.1. The van der Waals surface area contributed by atoms with Crippen molar-refractivity contribution in [2.75, 3.05) is 26.1 Å². The van der Waals surface area contributed by atoms with Crippen molar-refractivity contribution >= 4 is 28.2 Å². The number of aromatic nitrogens is 2. The molecule has 0 saturated heterocycles. The fourth-order valence-electron chi connectivity index (χ4n) is 3.10. The molecule has 1 fully saturated rings. The summed E-state index contributed by atoms with van der Waals surface area (Å²) >= 11 is 6.09. The molecule has 1 saturated carbocycles. The van der Waals surface area contributed by atoms with E-state index < -0.39 is 0 Å². The van der Waals surface area contributed by atoms with Crippen LogP contribution in [0.3, 0.4) is 0 Å². The molecular formula is C20H21ClN3O3+. The number of hydrogen-bond donors (Lipinski definition) is 2. The number of ether oxygens (including phenoxy) is 2. The summed E-state index contributed by atoms with van der Waals surface area (Å²) in [6.07, 6.45) is 4.14.